The number of alkyl halides is 1. The van der Waals surface area contributed by atoms with Crippen LogP contribution >= 0.6 is 11.6 Å². The molecule has 3 saturated heterocycles. The average Bonchev–Trinajstić information content (AvgIpc) is 3.67. The molecule has 1 aliphatic carbocycles. The smallest absolute Gasteiger partial charge is 0.319 e. The Hall–Kier alpha value is -3.61. The van der Waals surface area contributed by atoms with E-state index in [2.05, 4.69) is 31.6 Å². The first kappa shape index (κ1) is 27.7. The maximum absolute atomic E-state index is 17.1. The number of hydrogen-bond donors (Lipinski definition) is 1. The van der Waals surface area contributed by atoms with Gasteiger partial charge in [0.1, 0.15) is 41.8 Å². The first-order chi connectivity index (χ1) is 21.9. The second-order valence-corrected chi connectivity index (χ2v) is 13.5. The third-order valence-electron chi connectivity index (χ3n) is 9.95. The van der Waals surface area contributed by atoms with Crippen LogP contribution in [0.3, 0.4) is 0 Å². The summed E-state index contributed by atoms with van der Waals surface area (Å²) in [5.41, 5.74) is 2.82. The number of rotatable bonds is 5. The van der Waals surface area contributed by atoms with Crippen molar-refractivity contribution in [1.82, 2.24) is 30.0 Å². The van der Waals surface area contributed by atoms with Gasteiger partial charge in [0.25, 0.3) is 0 Å². The molecule has 3 atom stereocenters. The van der Waals surface area contributed by atoms with Gasteiger partial charge in [-0.05, 0) is 43.2 Å². The first-order valence-electron chi connectivity index (χ1n) is 15.6. The van der Waals surface area contributed by atoms with E-state index in [9.17, 15) is 4.39 Å². The minimum Gasteiger partial charge on any atom is -0.475 e. The van der Waals surface area contributed by atoms with Gasteiger partial charge in [-0.15, -0.1) is 0 Å². The van der Waals surface area contributed by atoms with Gasteiger partial charge >= 0.3 is 6.01 Å². The van der Waals surface area contributed by atoms with E-state index in [-0.39, 0.29) is 48.3 Å². The number of hydrogen-bond acceptors (Lipinski definition) is 9. The molecule has 0 bridgehead atoms. The molecule has 1 aromatic carbocycles. The SMILES string of the molecule is C=C1CN2C[C@H](F)C[C@@]2(COc2nc3c4c(nc(-c5c(C6CC6)c(Cl)cc6[nH]ncc56)c(F)c4n2)OC[C@@H]2COCCCN32)C1. The second-order valence-electron chi connectivity index (χ2n) is 13.1. The summed E-state index contributed by atoms with van der Waals surface area (Å²) in [5.74, 6) is 0.341. The highest BCUT2D eigenvalue weighted by atomic mass is 35.5. The molecule has 0 unspecified atom stereocenters. The maximum atomic E-state index is 17.1. The van der Waals surface area contributed by atoms with Gasteiger partial charge in [0, 0.05) is 48.6 Å². The second kappa shape index (κ2) is 10.2. The topological polar surface area (TPSA) is 102 Å². The lowest BCUT2D eigenvalue weighted by Gasteiger charge is -2.31. The highest BCUT2D eigenvalue weighted by Gasteiger charge is 2.51. The number of nitrogens with one attached hydrogen (secondary N) is 1. The highest BCUT2D eigenvalue weighted by molar-refractivity contribution is 6.33. The molecule has 3 aromatic heterocycles. The number of aromatic amines is 1. The Morgan fingerprint density at radius 3 is 2.98 bits per heavy atom. The summed E-state index contributed by atoms with van der Waals surface area (Å²) in [6.45, 7) is 7.26. The largest absolute Gasteiger partial charge is 0.475 e. The van der Waals surface area contributed by atoms with Crippen molar-refractivity contribution in [2.75, 3.05) is 51.0 Å². The van der Waals surface area contributed by atoms with Crippen LogP contribution in [0, 0.1) is 5.82 Å². The van der Waals surface area contributed by atoms with E-state index >= 15 is 4.39 Å². The Kier molecular flexibility index (Phi) is 6.27. The molecule has 1 saturated carbocycles. The number of anilines is 1. The quantitative estimate of drug-likeness (QED) is 0.291. The molecular weight excluding hydrogens is 604 g/mol. The number of fused-ring (bicyclic) bond motifs is 4. The van der Waals surface area contributed by atoms with E-state index in [4.69, 9.17) is 35.8 Å². The van der Waals surface area contributed by atoms with Crippen LogP contribution < -0.4 is 14.4 Å². The fraction of sp³-hybridized carbons (Fsp3) is 0.500. The first-order valence-corrected chi connectivity index (χ1v) is 16.0. The molecular formula is C32H32ClF2N7O3. The molecule has 0 spiro atoms. The molecule has 9 rings (SSSR count). The molecule has 4 fully saturated rings. The summed E-state index contributed by atoms with van der Waals surface area (Å²) in [7, 11) is 0. The van der Waals surface area contributed by atoms with Crippen molar-refractivity contribution < 1.29 is 23.0 Å². The van der Waals surface area contributed by atoms with E-state index in [0.717, 1.165) is 35.8 Å². The summed E-state index contributed by atoms with van der Waals surface area (Å²) in [4.78, 5) is 18.6. The van der Waals surface area contributed by atoms with E-state index in [1.165, 1.54) is 0 Å². The van der Waals surface area contributed by atoms with Crippen molar-refractivity contribution in [3.8, 4) is 23.1 Å². The van der Waals surface area contributed by atoms with Crippen LogP contribution in [-0.4, -0.2) is 93.9 Å². The third kappa shape index (κ3) is 4.39. The van der Waals surface area contributed by atoms with Gasteiger partial charge in [-0.3, -0.25) is 10.00 Å². The minimum absolute atomic E-state index is 0.0291. The monoisotopic (exact) mass is 635 g/mol. The lowest BCUT2D eigenvalue weighted by molar-refractivity contribution is 0.107. The predicted octanol–water partition coefficient (Wildman–Crippen LogP) is 5.35. The van der Waals surface area contributed by atoms with Crippen LogP contribution in [0.25, 0.3) is 33.1 Å². The number of aromatic nitrogens is 5. The zero-order valence-corrected chi connectivity index (χ0v) is 25.4. The fourth-order valence-corrected chi connectivity index (χ4v) is 8.17. The molecule has 45 heavy (non-hydrogen) atoms. The van der Waals surface area contributed by atoms with Gasteiger partial charge < -0.3 is 19.1 Å². The minimum atomic E-state index is -0.939. The molecule has 234 valence electrons. The normalized spacial score (nSPS) is 26.6. The van der Waals surface area contributed by atoms with Gasteiger partial charge in [0.15, 0.2) is 5.82 Å². The summed E-state index contributed by atoms with van der Waals surface area (Å²) in [5, 5.41) is 8.86. The number of ether oxygens (including phenoxy) is 3. The number of pyridine rings is 1. The molecule has 5 aliphatic rings. The summed E-state index contributed by atoms with van der Waals surface area (Å²) >= 11 is 6.82. The third-order valence-corrected chi connectivity index (χ3v) is 10.3. The van der Waals surface area contributed by atoms with Crippen molar-refractivity contribution in [3.63, 3.8) is 0 Å². The number of benzene rings is 1. The van der Waals surface area contributed by atoms with E-state index in [0.29, 0.717) is 73.0 Å². The van der Waals surface area contributed by atoms with E-state index < -0.39 is 17.5 Å². The lowest BCUT2D eigenvalue weighted by Crippen LogP contribution is -2.43. The van der Waals surface area contributed by atoms with Crippen LogP contribution in [-0.2, 0) is 4.74 Å². The van der Waals surface area contributed by atoms with Crippen molar-refractivity contribution in [3.05, 3.63) is 40.8 Å². The van der Waals surface area contributed by atoms with Crippen LogP contribution in [0.5, 0.6) is 11.9 Å². The van der Waals surface area contributed by atoms with Crippen LogP contribution in [0.4, 0.5) is 14.6 Å². The van der Waals surface area contributed by atoms with E-state index in [1.54, 1.807) is 6.20 Å². The van der Waals surface area contributed by atoms with E-state index in [1.807, 2.05) is 6.07 Å². The zero-order chi connectivity index (χ0) is 30.4. The van der Waals surface area contributed by atoms with Crippen LogP contribution in [0.2, 0.25) is 5.02 Å². The number of halogens is 3. The molecule has 1 N–H and O–H groups in total. The Morgan fingerprint density at radius 2 is 2.11 bits per heavy atom. The summed E-state index contributed by atoms with van der Waals surface area (Å²) in [6.07, 6.45) is 4.41. The standard InChI is InChI=1S/C32H32ClF2N7O3/c1-16-8-32(9-18(34)12-41(32)11-16)15-45-31-38-28-25-29(39-31)42-5-2-6-43-13-19(42)14-44-30(25)37-27(26(28)35)24-20-10-36-40-22(20)7-21(33)23(24)17-3-4-17/h7,10,17-19H,1-6,8-9,11-15H2,(H,36,40)/t18-,19+,32-/m1/s1. The Balaban J connectivity index is 1.23. The number of nitrogens with zero attached hydrogens (tertiary/aromatic N) is 6. The Bertz CT molecular complexity index is 1880. The molecule has 7 heterocycles. The molecule has 4 aliphatic heterocycles. The Labute approximate surface area is 262 Å². The molecule has 0 amide bonds. The van der Waals surface area contributed by atoms with Crippen molar-refractivity contribution >= 4 is 39.2 Å². The summed E-state index contributed by atoms with van der Waals surface area (Å²) in [6, 6.07) is 1.70. The van der Waals surface area contributed by atoms with Gasteiger partial charge in [-0.2, -0.15) is 15.1 Å². The molecule has 13 heteroatoms. The van der Waals surface area contributed by atoms with Gasteiger partial charge in [0.05, 0.1) is 29.9 Å². The van der Waals surface area contributed by atoms with Crippen molar-refractivity contribution in [1.29, 1.82) is 0 Å². The van der Waals surface area contributed by atoms with Crippen molar-refractivity contribution in [2.45, 2.75) is 55.8 Å². The zero-order valence-electron chi connectivity index (χ0n) is 24.6. The maximum Gasteiger partial charge on any atom is 0.319 e. The van der Waals surface area contributed by atoms with Gasteiger partial charge in [-0.25, -0.2) is 13.8 Å². The van der Waals surface area contributed by atoms with Gasteiger partial charge in [-0.1, -0.05) is 23.8 Å². The molecule has 0 radical (unpaired) electrons. The number of H-pyrrole nitrogens is 1. The highest BCUT2D eigenvalue weighted by Crippen LogP contribution is 2.51. The van der Waals surface area contributed by atoms with Crippen LogP contribution in [0.1, 0.15) is 43.6 Å². The fourth-order valence-electron chi connectivity index (χ4n) is 7.81. The van der Waals surface area contributed by atoms with Gasteiger partial charge in [0.2, 0.25) is 5.88 Å². The van der Waals surface area contributed by atoms with Crippen molar-refractivity contribution in [2.24, 2.45) is 0 Å². The molecule has 10 nitrogen and oxygen atoms in total. The predicted molar refractivity (Wildman–Crippen MR) is 164 cm³/mol. The summed E-state index contributed by atoms with van der Waals surface area (Å²) < 4.78 is 50.2. The van der Waals surface area contributed by atoms with Crippen LogP contribution in [0.15, 0.2) is 24.4 Å². The molecule has 4 aromatic rings. The lowest BCUT2D eigenvalue weighted by atomic mass is 9.93. The Morgan fingerprint density at radius 1 is 1.22 bits per heavy atom. The average molecular weight is 636 g/mol.